The van der Waals surface area contributed by atoms with Crippen molar-refractivity contribution in [1.82, 2.24) is 14.9 Å². The van der Waals surface area contributed by atoms with Gasteiger partial charge in [0, 0.05) is 19.0 Å². The number of nitrogens with zero attached hydrogens (tertiary/aromatic N) is 2. The minimum Gasteiger partial charge on any atom is -0.444 e. The smallest absolute Gasteiger partial charge is 0.407 e. The summed E-state index contributed by atoms with van der Waals surface area (Å²) in [5.41, 5.74) is 1.16. The van der Waals surface area contributed by atoms with E-state index in [2.05, 4.69) is 15.6 Å². The maximum Gasteiger partial charge on any atom is 0.407 e. The van der Waals surface area contributed by atoms with E-state index in [0.29, 0.717) is 24.7 Å². The fourth-order valence-electron chi connectivity index (χ4n) is 2.74. The van der Waals surface area contributed by atoms with Gasteiger partial charge in [0.25, 0.3) is 0 Å². The Bertz CT molecular complexity index is 927. The van der Waals surface area contributed by atoms with Crippen LogP contribution < -0.4 is 16.1 Å². The molecular formula is C21H32N6O2. The van der Waals surface area contributed by atoms with E-state index in [1.54, 1.807) is 4.57 Å². The number of ether oxygens (including phenoxy) is 1. The first-order valence-electron chi connectivity index (χ1n) is 9.96. The highest BCUT2D eigenvalue weighted by Gasteiger charge is 2.16. The number of aromatic nitrogens is 2. The van der Waals surface area contributed by atoms with Crippen molar-refractivity contribution < 1.29 is 9.53 Å². The summed E-state index contributed by atoms with van der Waals surface area (Å²) in [5, 5.41) is 22.9. The molecule has 0 spiro atoms. The van der Waals surface area contributed by atoms with Crippen LogP contribution >= 0.6 is 0 Å². The summed E-state index contributed by atoms with van der Waals surface area (Å²) >= 11 is 0. The molecule has 0 aliphatic rings. The third-order valence-corrected chi connectivity index (χ3v) is 4.15. The van der Waals surface area contributed by atoms with E-state index >= 15 is 0 Å². The molecule has 0 fully saturated rings. The Morgan fingerprint density at radius 3 is 2.52 bits per heavy atom. The van der Waals surface area contributed by atoms with Gasteiger partial charge in [0.15, 0.2) is 11.3 Å². The number of hydrogen-bond acceptors (Lipinski definition) is 6. The van der Waals surface area contributed by atoms with Gasteiger partial charge >= 0.3 is 6.09 Å². The second-order valence-electron chi connectivity index (χ2n) is 8.24. The lowest BCUT2D eigenvalue weighted by Crippen LogP contribution is -2.33. The number of rotatable bonds is 7. The third-order valence-electron chi connectivity index (χ3n) is 4.15. The van der Waals surface area contributed by atoms with E-state index < -0.39 is 11.7 Å². The molecule has 1 amide bonds. The van der Waals surface area contributed by atoms with Crippen molar-refractivity contribution in [1.29, 1.82) is 10.8 Å². The van der Waals surface area contributed by atoms with Gasteiger partial charge in [-0.05, 0) is 45.7 Å². The molecule has 0 atom stereocenters. The summed E-state index contributed by atoms with van der Waals surface area (Å²) in [6, 6.07) is 7.55. The molecule has 0 aliphatic heterocycles. The Morgan fingerprint density at radius 2 is 1.86 bits per heavy atom. The van der Waals surface area contributed by atoms with Crippen LogP contribution in [0.2, 0.25) is 0 Å². The summed E-state index contributed by atoms with van der Waals surface area (Å²) in [5.74, 6) is 0.800. The third kappa shape index (κ3) is 6.30. The van der Waals surface area contributed by atoms with Crippen LogP contribution in [0.4, 0.5) is 10.6 Å². The molecule has 29 heavy (non-hydrogen) atoms. The van der Waals surface area contributed by atoms with Gasteiger partial charge < -0.3 is 15.4 Å². The topological polar surface area (TPSA) is 116 Å². The standard InChI is InChI=1S/C21H32N6O2/c1-14(2)17(22)27-16-11-7-6-10-15(16)26-19(18(27)23)24-12-8-9-13-25-20(28)29-21(3,4)5/h6-7,10-11,14,22-23H,8-9,12-13H2,1-5H3,(H,24,26)(H,25,28). The number of carbonyl (C=O) groups excluding carboxylic acids is 1. The van der Waals surface area contributed by atoms with Gasteiger partial charge in [-0.2, -0.15) is 0 Å². The molecule has 1 heterocycles. The van der Waals surface area contributed by atoms with Crippen LogP contribution in [-0.4, -0.2) is 40.2 Å². The summed E-state index contributed by atoms with van der Waals surface area (Å²) in [7, 11) is 0. The zero-order valence-electron chi connectivity index (χ0n) is 17.9. The second-order valence-corrected chi connectivity index (χ2v) is 8.24. The van der Waals surface area contributed by atoms with Crippen molar-refractivity contribution in [3.05, 3.63) is 29.8 Å². The van der Waals surface area contributed by atoms with Crippen LogP contribution in [-0.2, 0) is 4.74 Å². The molecule has 0 saturated carbocycles. The SMILES string of the molecule is CC(C)C(=N)n1c(=N)c(NCCCCNC(=O)OC(C)(C)C)nc2ccccc21. The average molecular weight is 401 g/mol. The molecule has 0 saturated heterocycles. The predicted octanol–water partition coefficient (Wildman–Crippen LogP) is 3.71. The number of nitrogens with one attached hydrogen (secondary N) is 4. The lowest BCUT2D eigenvalue weighted by Gasteiger charge is -2.19. The zero-order chi connectivity index (χ0) is 21.6. The van der Waals surface area contributed by atoms with Crippen LogP contribution in [0.5, 0.6) is 0 Å². The summed E-state index contributed by atoms with van der Waals surface area (Å²) in [6.45, 7) is 10.5. The molecule has 4 N–H and O–H groups in total. The molecule has 0 aliphatic carbocycles. The molecule has 8 heteroatoms. The number of carbonyl (C=O) groups is 1. The first-order valence-corrected chi connectivity index (χ1v) is 9.96. The van der Waals surface area contributed by atoms with E-state index in [9.17, 15) is 4.79 Å². The minimum atomic E-state index is -0.503. The normalized spacial score (nSPS) is 11.5. The van der Waals surface area contributed by atoms with Gasteiger partial charge in [0.1, 0.15) is 11.4 Å². The molecule has 1 aromatic carbocycles. The van der Waals surface area contributed by atoms with Gasteiger partial charge in [0.2, 0.25) is 0 Å². The Hall–Kier alpha value is -2.90. The van der Waals surface area contributed by atoms with Crippen LogP contribution in [0.25, 0.3) is 11.0 Å². The van der Waals surface area contributed by atoms with Crippen LogP contribution in [0.1, 0.15) is 47.5 Å². The maximum absolute atomic E-state index is 11.6. The van der Waals surface area contributed by atoms with Crippen molar-refractivity contribution >= 4 is 28.8 Å². The van der Waals surface area contributed by atoms with Gasteiger partial charge in [-0.15, -0.1) is 0 Å². The lowest BCUT2D eigenvalue weighted by atomic mass is 10.2. The molecule has 0 bridgehead atoms. The van der Waals surface area contributed by atoms with Gasteiger partial charge in [-0.3, -0.25) is 15.4 Å². The lowest BCUT2D eigenvalue weighted by molar-refractivity contribution is 0.0527. The second kappa shape index (κ2) is 9.54. The molecular weight excluding hydrogens is 368 g/mol. The first kappa shape index (κ1) is 22.4. The summed E-state index contributed by atoms with van der Waals surface area (Å²) in [6.07, 6.45) is 1.16. The van der Waals surface area contributed by atoms with Crippen LogP contribution in [0, 0.1) is 16.7 Å². The van der Waals surface area contributed by atoms with Gasteiger partial charge in [-0.25, -0.2) is 9.78 Å². The fraction of sp³-hybridized carbons (Fsp3) is 0.524. The number of para-hydroxylation sites is 2. The van der Waals surface area contributed by atoms with Crippen LogP contribution in [0.15, 0.2) is 24.3 Å². The van der Waals surface area contributed by atoms with Crippen molar-refractivity contribution in [2.45, 2.75) is 53.1 Å². The Morgan fingerprint density at radius 1 is 1.21 bits per heavy atom. The van der Waals surface area contributed by atoms with E-state index in [0.717, 1.165) is 23.9 Å². The molecule has 2 aromatic rings. The quantitative estimate of drug-likeness (QED) is 0.322. The minimum absolute atomic E-state index is 0.0123. The molecule has 2 rings (SSSR count). The molecule has 1 aromatic heterocycles. The first-order chi connectivity index (χ1) is 13.6. The number of anilines is 1. The molecule has 0 unspecified atom stereocenters. The van der Waals surface area contributed by atoms with Crippen molar-refractivity contribution in [3.8, 4) is 0 Å². The molecule has 0 radical (unpaired) electrons. The fourth-order valence-corrected chi connectivity index (χ4v) is 2.74. The number of amides is 1. The number of benzene rings is 1. The van der Waals surface area contributed by atoms with Crippen molar-refractivity contribution in [2.75, 3.05) is 18.4 Å². The zero-order valence-corrected chi connectivity index (χ0v) is 17.9. The Kier molecular flexibility index (Phi) is 7.36. The number of fused-ring (bicyclic) bond motifs is 1. The van der Waals surface area contributed by atoms with E-state index in [-0.39, 0.29) is 11.4 Å². The van der Waals surface area contributed by atoms with Crippen LogP contribution in [0.3, 0.4) is 0 Å². The van der Waals surface area contributed by atoms with E-state index in [1.807, 2.05) is 58.9 Å². The highest BCUT2D eigenvalue weighted by atomic mass is 16.6. The maximum atomic E-state index is 11.6. The monoisotopic (exact) mass is 400 g/mol. The van der Waals surface area contributed by atoms with Crippen molar-refractivity contribution in [2.24, 2.45) is 5.92 Å². The van der Waals surface area contributed by atoms with Gasteiger partial charge in [-0.1, -0.05) is 26.0 Å². The summed E-state index contributed by atoms with van der Waals surface area (Å²) in [4.78, 5) is 16.2. The Labute approximate surface area is 171 Å². The Balaban J connectivity index is 1.99. The van der Waals surface area contributed by atoms with Gasteiger partial charge in [0.05, 0.1) is 11.0 Å². The predicted molar refractivity (Wildman–Crippen MR) is 116 cm³/mol. The van der Waals surface area contributed by atoms with E-state index in [4.69, 9.17) is 15.6 Å². The highest BCUT2D eigenvalue weighted by Crippen LogP contribution is 2.13. The molecule has 8 nitrogen and oxygen atoms in total. The van der Waals surface area contributed by atoms with Crippen molar-refractivity contribution in [3.63, 3.8) is 0 Å². The number of alkyl carbamates (subject to hydrolysis) is 1. The summed E-state index contributed by atoms with van der Waals surface area (Å²) < 4.78 is 6.84. The van der Waals surface area contributed by atoms with E-state index in [1.165, 1.54) is 0 Å². The highest BCUT2D eigenvalue weighted by molar-refractivity contribution is 5.92. The average Bonchev–Trinajstić information content (AvgIpc) is 2.62. The number of unbranched alkanes of at least 4 members (excludes halogenated alkanes) is 1. The number of hydrogen-bond donors (Lipinski definition) is 4. The molecule has 158 valence electrons. The largest absolute Gasteiger partial charge is 0.444 e.